The number of amides is 1. The van der Waals surface area contributed by atoms with Gasteiger partial charge in [-0.05, 0) is 57.4 Å². The van der Waals surface area contributed by atoms with Gasteiger partial charge in [0.1, 0.15) is 0 Å². The molecule has 1 aromatic rings. The zero-order valence-corrected chi connectivity index (χ0v) is 16.6. The Balaban J connectivity index is 0.00000243. The molecule has 0 saturated carbocycles. The van der Waals surface area contributed by atoms with E-state index in [-0.39, 0.29) is 18.3 Å². The molecule has 0 spiro atoms. The Bertz CT molecular complexity index is 582. The second-order valence-electron chi connectivity index (χ2n) is 6.89. The van der Waals surface area contributed by atoms with Crippen LogP contribution in [0, 0.1) is 0 Å². The Morgan fingerprint density at radius 2 is 1.96 bits per heavy atom. The maximum Gasteiger partial charge on any atom is 0.254 e. The molecule has 2 aliphatic rings. The number of fused-ring (bicyclic) bond motifs is 2. The van der Waals surface area contributed by atoms with E-state index < -0.39 is 0 Å². The van der Waals surface area contributed by atoms with Crippen molar-refractivity contribution in [2.75, 3.05) is 26.3 Å². The molecule has 0 aliphatic carbocycles. The summed E-state index contributed by atoms with van der Waals surface area (Å²) in [4.78, 5) is 15.2. The molecule has 2 fully saturated rings. The zero-order chi connectivity index (χ0) is 17.6. The van der Waals surface area contributed by atoms with Gasteiger partial charge in [0.15, 0.2) is 11.5 Å². The maximum absolute atomic E-state index is 13.1. The molecule has 6 heteroatoms. The van der Waals surface area contributed by atoms with Gasteiger partial charge in [0, 0.05) is 24.2 Å². The summed E-state index contributed by atoms with van der Waals surface area (Å²) in [5.41, 5.74) is 0.699. The van der Waals surface area contributed by atoms with Crippen LogP contribution in [0.1, 0.15) is 56.3 Å². The number of halogens is 1. The van der Waals surface area contributed by atoms with Gasteiger partial charge in [-0.3, -0.25) is 4.79 Å². The van der Waals surface area contributed by atoms with E-state index in [2.05, 4.69) is 17.1 Å². The lowest BCUT2D eigenvalue weighted by Gasteiger charge is -2.28. The van der Waals surface area contributed by atoms with E-state index in [1.807, 2.05) is 25.1 Å². The molecule has 2 atom stereocenters. The number of ether oxygens (including phenoxy) is 2. The van der Waals surface area contributed by atoms with Crippen molar-refractivity contribution in [3.63, 3.8) is 0 Å². The van der Waals surface area contributed by atoms with Crippen molar-refractivity contribution in [1.82, 2.24) is 10.2 Å². The number of hydrogen-bond acceptors (Lipinski definition) is 4. The molecule has 26 heavy (non-hydrogen) atoms. The second kappa shape index (κ2) is 10.0. The van der Waals surface area contributed by atoms with E-state index >= 15 is 0 Å². The third-order valence-electron chi connectivity index (χ3n) is 5.13. The smallest absolute Gasteiger partial charge is 0.254 e. The van der Waals surface area contributed by atoms with E-state index in [4.69, 9.17) is 9.47 Å². The van der Waals surface area contributed by atoms with Gasteiger partial charge in [-0.2, -0.15) is 0 Å². The standard InChI is InChI=1S/C20H30N2O3.ClH/c1-3-5-12-25-18-9-6-15(13-19(18)24-4-2)20(23)22-16-7-8-17(22)14-21-11-10-16;/h6,9,13,16-17,21H,3-5,7-8,10-12,14H2,1-2H3;1H. The molecule has 146 valence electrons. The molecule has 2 unspecified atom stereocenters. The molecule has 2 heterocycles. The minimum atomic E-state index is 0. The topological polar surface area (TPSA) is 50.8 Å². The predicted molar refractivity (Wildman–Crippen MR) is 106 cm³/mol. The molecule has 1 aromatic carbocycles. The summed E-state index contributed by atoms with van der Waals surface area (Å²) >= 11 is 0. The van der Waals surface area contributed by atoms with Crippen LogP contribution >= 0.6 is 12.4 Å². The highest BCUT2D eigenvalue weighted by Gasteiger charge is 2.38. The molecular weight excluding hydrogens is 352 g/mol. The van der Waals surface area contributed by atoms with Gasteiger partial charge in [-0.1, -0.05) is 13.3 Å². The summed E-state index contributed by atoms with van der Waals surface area (Å²) in [5.74, 6) is 1.52. The molecule has 5 nitrogen and oxygen atoms in total. The average molecular weight is 383 g/mol. The SMILES string of the molecule is CCCCOc1ccc(C(=O)N2C3CCNCC2CC3)cc1OCC.Cl. The number of nitrogens with one attached hydrogen (secondary N) is 1. The molecule has 3 rings (SSSR count). The minimum Gasteiger partial charge on any atom is -0.490 e. The Hall–Kier alpha value is -1.46. The molecular formula is C20H31ClN2O3. The number of unbranched alkanes of at least 4 members (excludes halogenated alkanes) is 1. The lowest BCUT2D eigenvalue weighted by Crippen LogP contribution is -2.42. The van der Waals surface area contributed by atoms with Crippen LogP contribution < -0.4 is 14.8 Å². The number of benzene rings is 1. The number of nitrogens with zero attached hydrogens (tertiary/aromatic N) is 1. The number of carbonyl (C=O) groups excluding carboxylic acids is 1. The average Bonchev–Trinajstić information content (AvgIpc) is 2.88. The Kier molecular flexibility index (Phi) is 8.04. The largest absolute Gasteiger partial charge is 0.490 e. The van der Waals surface area contributed by atoms with Gasteiger partial charge in [0.2, 0.25) is 0 Å². The Labute approximate surface area is 162 Å². The van der Waals surface area contributed by atoms with Gasteiger partial charge < -0.3 is 19.7 Å². The third-order valence-corrected chi connectivity index (χ3v) is 5.13. The van der Waals surface area contributed by atoms with Crippen molar-refractivity contribution in [3.8, 4) is 11.5 Å². The van der Waals surface area contributed by atoms with Gasteiger partial charge in [-0.15, -0.1) is 12.4 Å². The van der Waals surface area contributed by atoms with Crippen molar-refractivity contribution in [1.29, 1.82) is 0 Å². The van der Waals surface area contributed by atoms with E-state index in [1.165, 1.54) is 0 Å². The molecule has 1 N–H and O–H groups in total. The van der Waals surface area contributed by atoms with Crippen LogP contribution in [-0.2, 0) is 0 Å². The van der Waals surface area contributed by atoms with Gasteiger partial charge >= 0.3 is 0 Å². The Morgan fingerprint density at radius 3 is 2.73 bits per heavy atom. The van der Waals surface area contributed by atoms with Crippen molar-refractivity contribution < 1.29 is 14.3 Å². The predicted octanol–water partition coefficient (Wildman–Crippen LogP) is 3.65. The highest BCUT2D eigenvalue weighted by atomic mass is 35.5. The summed E-state index contributed by atoms with van der Waals surface area (Å²) in [6, 6.07) is 6.29. The fraction of sp³-hybridized carbons (Fsp3) is 0.650. The molecule has 2 aliphatic heterocycles. The summed E-state index contributed by atoms with van der Waals surface area (Å²) < 4.78 is 11.6. The summed E-state index contributed by atoms with van der Waals surface area (Å²) in [7, 11) is 0. The second-order valence-corrected chi connectivity index (χ2v) is 6.89. The minimum absolute atomic E-state index is 0. The summed E-state index contributed by atoms with van der Waals surface area (Å²) in [6.07, 6.45) is 5.36. The molecule has 2 bridgehead atoms. The van der Waals surface area contributed by atoms with Crippen molar-refractivity contribution in [3.05, 3.63) is 23.8 Å². The molecule has 0 radical (unpaired) electrons. The van der Waals surface area contributed by atoms with Crippen LogP contribution in [0.4, 0.5) is 0 Å². The molecule has 2 saturated heterocycles. The number of rotatable bonds is 7. The highest BCUT2D eigenvalue weighted by molar-refractivity contribution is 5.95. The number of carbonyl (C=O) groups is 1. The van der Waals surface area contributed by atoms with E-state index in [0.29, 0.717) is 36.6 Å². The van der Waals surface area contributed by atoms with Crippen LogP contribution in [0.2, 0.25) is 0 Å². The first kappa shape index (κ1) is 20.8. The lowest BCUT2D eigenvalue weighted by atomic mass is 10.1. The van der Waals surface area contributed by atoms with E-state index in [9.17, 15) is 4.79 Å². The van der Waals surface area contributed by atoms with Crippen molar-refractivity contribution in [2.45, 2.75) is 58.0 Å². The fourth-order valence-corrected chi connectivity index (χ4v) is 3.82. The summed E-state index contributed by atoms with van der Waals surface area (Å²) in [6.45, 7) is 7.22. The lowest BCUT2D eigenvalue weighted by molar-refractivity contribution is 0.0679. The van der Waals surface area contributed by atoms with Gasteiger partial charge in [0.25, 0.3) is 5.91 Å². The van der Waals surface area contributed by atoms with Crippen LogP contribution in [-0.4, -0.2) is 49.2 Å². The van der Waals surface area contributed by atoms with Crippen LogP contribution in [0.5, 0.6) is 11.5 Å². The van der Waals surface area contributed by atoms with E-state index in [1.54, 1.807) is 0 Å². The number of hydrogen-bond donors (Lipinski definition) is 1. The van der Waals surface area contributed by atoms with E-state index in [0.717, 1.165) is 50.9 Å². The summed E-state index contributed by atoms with van der Waals surface area (Å²) in [5, 5.41) is 3.45. The van der Waals surface area contributed by atoms with Crippen LogP contribution in [0.25, 0.3) is 0 Å². The maximum atomic E-state index is 13.1. The fourth-order valence-electron chi connectivity index (χ4n) is 3.82. The Morgan fingerprint density at radius 1 is 1.15 bits per heavy atom. The first-order chi connectivity index (χ1) is 12.2. The van der Waals surface area contributed by atoms with Gasteiger partial charge in [-0.25, -0.2) is 0 Å². The normalized spacial score (nSPS) is 21.7. The third kappa shape index (κ3) is 4.63. The first-order valence-corrected chi connectivity index (χ1v) is 9.67. The zero-order valence-electron chi connectivity index (χ0n) is 15.8. The highest BCUT2D eigenvalue weighted by Crippen LogP contribution is 2.33. The molecule has 0 aromatic heterocycles. The van der Waals surface area contributed by atoms with Gasteiger partial charge in [0.05, 0.1) is 13.2 Å². The van der Waals surface area contributed by atoms with Crippen molar-refractivity contribution in [2.24, 2.45) is 0 Å². The quantitative estimate of drug-likeness (QED) is 0.731. The monoisotopic (exact) mass is 382 g/mol. The van der Waals surface area contributed by atoms with Crippen LogP contribution in [0.15, 0.2) is 18.2 Å². The van der Waals surface area contributed by atoms with Crippen molar-refractivity contribution >= 4 is 18.3 Å². The first-order valence-electron chi connectivity index (χ1n) is 9.67. The molecule has 1 amide bonds. The van der Waals surface area contributed by atoms with Crippen LogP contribution in [0.3, 0.4) is 0 Å².